The molecule has 0 aliphatic heterocycles. The van der Waals surface area contributed by atoms with E-state index < -0.39 is 12.1 Å². The van der Waals surface area contributed by atoms with Gasteiger partial charge in [-0.15, -0.1) is 0 Å². The average molecular weight is 129 g/mol. The van der Waals surface area contributed by atoms with Crippen LogP contribution in [0.5, 0.6) is 0 Å². The first kappa shape index (κ1) is 7.61. The summed E-state index contributed by atoms with van der Waals surface area (Å²) in [4.78, 5) is 24.1. The molecule has 0 aromatic rings. The lowest BCUT2D eigenvalue weighted by Gasteiger charge is -2.05. The van der Waals surface area contributed by atoms with Gasteiger partial charge in [0.1, 0.15) is 0 Å². The zero-order valence-electron chi connectivity index (χ0n) is 5.00. The maximum absolute atomic E-state index is 10.3. The fourth-order valence-electron chi connectivity index (χ4n) is 0.200. The van der Waals surface area contributed by atoms with Crippen LogP contribution in [0.1, 0.15) is 0 Å². The third kappa shape index (κ3) is 1.89. The molecule has 0 aliphatic rings. The first-order valence-electron chi connectivity index (χ1n) is 2.13. The van der Waals surface area contributed by atoms with Crippen molar-refractivity contribution in [3.8, 4) is 0 Å². The van der Waals surface area contributed by atoms with Gasteiger partial charge >= 0.3 is 12.1 Å². The Morgan fingerprint density at radius 1 is 1.67 bits per heavy atom. The van der Waals surface area contributed by atoms with Crippen LogP contribution in [0, 0.1) is 0 Å². The van der Waals surface area contributed by atoms with Crippen molar-refractivity contribution in [2.75, 3.05) is 7.05 Å². The van der Waals surface area contributed by atoms with Gasteiger partial charge in [-0.2, -0.15) is 0 Å². The van der Waals surface area contributed by atoms with Crippen molar-refractivity contribution in [3.63, 3.8) is 0 Å². The number of carbonyl (C=O) groups excluding carboxylic acids is 2. The van der Waals surface area contributed by atoms with Gasteiger partial charge in [-0.1, -0.05) is 0 Å². The molecule has 0 atom stereocenters. The number of carbonyl (C=O) groups is 2. The molecule has 0 saturated heterocycles. The quantitative estimate of drug-likeness (QED) is 0.460. The summed E-state index contributed by atoms with van der Waals surface area (Å²) < 4.78 is 0. The normalized spacial score (nSPS) is 8.11. The second kappa shape index (κ2) is 2.81. The lowest BCUT2D eigenvalue weighted by molar-refractivity contribution is 0.206. The highest BCUT2D eigenvalue weighted by Gasteiger charge is 2.09. The number of imide groups is 1. The minimum atomic E-state index is -0.840. The molecule has 0 unspecified atom stereocenters. The molecule has 0 aromatic carbocycles. The van der Waals surface area contributed by atoms with Gasteiger partial charge in [0, 0.05) is 7.05 Å². The molecule has 0 spiro atoms. The molecule has 0 rings (SSSR count). The Balaban J connectivity index is 4.03. The summed E-state index contributed by atoms with van der Waals surface area (Å²) >= 11 is 0. The van der Waals surface area contributed by atoms with E-state index in [1.807, 2.05) is 0 Å². The highest BCUT2D eigenvalue weighted by Crippen LogP contribution is 1.84. The number of rotatable bonds is 0. The van der Waals surface area contributed by atoms with Gasteiger partial charge in [-0.05, 0) is 6.72 Å². The molecule has 9 heavy (non-hydrogen) atoms. The predicted octanol–water partition coefficient (Wildman–Crippen LogP) is -0.182. The second-order valence-electron chi connectivity index (χ2n) is 1.34. The molecule has 0 saturated carbocycles. The maximum Gasteiger partial charge on any atom is 0.350 e. The van der Waals surface area contributed by atoms with E-state index in [4.69, 9.17) is 5.73 Å². The van der Waals surface area contributed by atoms with E-state index in [0.717, 1.165) is 0 Å². The topological polar surface area (TPSA) is 75.8 Å². The second-order valence-corrected chi connectivity index (χ2v) is 1.34. The van der Waals surface area contributed by atoms with Crippen LogP contribution in [-0.2, 0) is 0 Å². The number of nitrogens with two attached hydrogens (primary N) is 1. The number of aliphatic imine (C=N–C) groups is 1. The standard InChI is InChI=1S/C4H7N3O2/c1-6-4(9)7(2)3(5)8/h1H2,2H3,(H2,5,8). The predicted molar refractivity (Wildman–Crippen MR) is 32.3 cm³/mol. The van der Waals surface area contributed by atoms with Crippen LogP contribution in [0.4, 0.5) is 9.59 Å². The Bertz CT molecular complexity index is 154. The number of hydrogen-bond donors (Lipinski definition) is 1. The van der Waals surface area contributed by atoms with Crippen molar-refractivity contribution in [1.82, 2.24) is 4.90 Å². The summed E-state index contributed by atoms with van der Waals surface area (Å²) in [6.07, 6.45) is 0. The molecule has 0 aromatic heterocycles. The first-order valence-corrected chi connectivity index (χ1v) is 2.13. The molecule has 0 heterocycles. The molecule has 5 heteroatoms. The van der Waals surface area contributed by atoms with E-state index >= 15 is 0 Å². The lowest BCUT2D eigenvalue weighted by Crippen LogP contribution is -2.35. The average Bonchev–Trinajstić information content (AvgIpc) is 1.84. The number of nitrogens with zero attached hydrogens (tertiary/aromatic N) is 2. The number of primary amides is 1. The zero-order chi connectivity index (χ0) is 7.44. The van der Waals surface area contributed by atoms with E-state index in [9.17, 15) is 9.59 Å². The Morgan fingerprint density at radius 2 is 2.11 bits per heavy atom. The van der Waals surface area contributed by atoms with Gasteiger partial charge in [0.2, 0.25) is 0 Å². The fourth-order valence-corrected chi connectivity index (χ4v) is 0.200. The largest absolute Gasteiger partial charge is 0.351 e. The minimum Gasteiger partial charge on any atom is -0.351 e. The molecule has 4 amide bonds. The summed E-state index contributed by atoms with van der Waals surface area (Å²) in [5.74, 6) is 0. The highest BCUT2D eigenvalue weighted by atomic mass is 16.2. The minimum absolute atomic E-state index is 0.660. The number of urea groups is 2. The smallest absolute Gasteiger partial charge is 0.350 e. The monoisotopic (exact) mass is 129 g/mol. The first-order chi connectivity index (χ1) is 4.09. The Hall–Kier alpha value is -1.39. The van der Waals surface area contributed by atoms with Gasteiger partial charge in [-0.25, -0.2) is 19.5 Å². The van der Waals surface area contributed by atoms with Crippen molar-refractivity contribution in [2.24, 2.45) is 10.7 Å². The van der Waals surface area contributed by atoms with Crippen molar-refractivity contribution in [2.45, 2.75) is 0 Å². The summed E-state index contributed by atoms with van der Waals surface area (Å²) in [5, 5.41) is 0. The van der Waals surface area contributed by atoms with E-state index in [2.05, 4.69) is 11.7 Å². The molecule has 2 N–H and O–H groups in total. The lowest BCUT2D eigenvalue weighted by atomic mass is 10.8. The van der Waals surface area contributed by atoms with Crippen LogP contribution >= 0.6 is 0 Å². The molecule has 0 radical (unpaired) electrons. The van der Waals surface area contributed by atoms with E-state index in [0.29, 0.717) is 4.90 Å². The van der Waals surface area contributed by atoms with E-state index in [1.54, 1.807) is 0 Å². The van der Waals surface area contributed by atoms with Crippen molar-refractivity contribution in [1.29, 1.82) is 0 Å². The molecule has 0 fully saturated rings. The maximum atomic E-state index is 10.3. The van der Waals surface area contributed by atoms with Crippen LogP contribution in [0.15, 0.2) is 4.99 Å². The highest BCUT2D eigenvalue weighted by molar-refractivity contribution is 5.94. The van der Waals surface area contributed by atoms with Crippen molar-refractivity contribution in [3.05, 3.63) is 0 Å². The molecule has 5 nitrogen and oxygen atoms in total. The van der Waals surface area contributed by atoms with Gasteiger partial charge in [-0.3, -0.25) is 0 Å². The van der Waals surface area contributed by atoms with Crippen LogP contribution in [0.3, 0.4) is 0 Å². The molecule has 0 bridgehead atoms. The fraction of sp³-hybridized carbons (Fsp3) is 0.250. The van der Waals surface area contributed by atoms with Crippen LogP contribution < -0.4 is 5.73 Å². The van der Waals surface area contributed by atoms with Crippen molar-refractivity contribution < 1.29 is 9.59 Å². The summed E-state index contributed by atoms with van der Waals surface area (Å²) in [6, 6.07) is -1.59. The number of hydrogen-bond acceptors (Lipinski definition) is 2. The molecule has 50 valence electrons. The van der Waals surface area contributed by atoms with Gasteiger partial charge in [0.05, 0.1) is 0 Å². The third-order valence-corrected chi connectivity index (χ3v) is 0.753. The van der Waals surface area contributed by atoms with Crippen LogP contribution in [0.25, 0.3) is 0 Å². The summed E-state index contributed by atoms with van der Waals surface area (Å²) in [7, 11) is 1.22. The third-order valence-electron chi connectivity index (χ3n) is 0.753. The zero-order valence-corrected chi connectivity index (χ0v) is 5.00. The number of amides is 4. The molecule has 0 aliphatic carbocycles. The van der Waals surface area contributed by atoms with Crippen LogP contribution in [-0.4, -0.2) is 30.7 Å². The van der Waals surface area contributed by atoms with Crippen molar-refractivity contribution >= 4 is 18.8 Å². The van der Waals surface area contributed by atoms with Gasteiger partial charge < -0.3 is 5.73 Å². The van der Waals surface area contributed by atoms with E-state index in [1.165, 1.54) is 7.05 Å². The Morgan fingerprint density at radius 3 is 2.22 bits per heavy atom. The van der Waals surface area contributed by atoms with Gasteiger partial charge in [0.25, 0.3) is 0 Å². The molecular weight excluding hydrogens is 122 g/mol. The molecular formula is C4H7N3O2. The summed E-state index contributed by atoms with van der Waals surface area (Å²) in [5.41, 5.74) is 4.69. The van der Waals surface area contributed by atoms with Crippen LogP contribution in [0.2, 0.25) is 0 Å². The summed E-state index contributed by atoms with van der Waals surface area (Å²) in [6.45, 7) is 2.92. The Labute approximate surface area is 52.2 Å². The van der Waals surface area contributed by atoms with E-state index in [-0.39, 0.29) is 0 Å². The van der Waals surface area contributed by atoms with Gasteiger partial charge in [0.15, 0.2) is 0 Å². The Kier molecular flexibility index (Phi) is 2.37. The SMILES string of the molecule is C=NC(=O)N(C)C(N)=O.